The van der Waals surface area contributed by atoms with Gasteiger partial charge in [-0.25, -0.2) is 4.68 Å². The van der Waals surface area contributed by atoms with Gasteiger partial charge in [0.05, 0.1) is 12.2 Å². The summed E-state index contributed by atoms with van der Waals surface area (Å²) >= 11 is 0. The quantitative estimate of drug-likeness (QED) is 0.757. The minimum absolute atomic E-state index is 0. The normalized spacial score (nSPS) is 14.9. The van der Waals surface area contributed by atoms with Crippen LogP contribution in [0.5, 0.6) is 0 Å². The number of anilines is 1. The average Bonchev–Trinajstić information content (AvgIpc) is 3.08. The number of hydrogen-bond acceptors (Lipinski definition) is 5. The summed E-state index contributed by atoms with van der Waals surface area (Å²) in [6, 6.07) is 7.72. The van der Waals surface area contributed by atoms with Gasteiger partial charge in [-0.1, -0.05) is 17.3 Å². The third-order valence-corrected chi connectivity index (χ3v) is 4.04. The van der Waals surface area contributed by atoms with Crippen LogP contribution in [0, 0.1) is 0 Å². The van der Waals surface area contributed by atoms with Gasteiger partial charge in [0.2, 0.25) is 0 Å². The first kappa shape index (κ1) is 18.4. The molecule has 8 heteroatoms. The Balaban J connectivity index is 0.00000208. The molecule has 130 valence electrons. The van der Waals surface area contributed by atoms with Crippen LogP contribution in [0.25, 0.3) is 0 Å². The first-order valence-electron chi connectivity index (χ1n) is 7.90. The van der Waals surface area contributed by atoms with Gasteiger partial charge >= 0.3 is 0 Å². The molecule has 7 nitrogen and oxygen atoms in total. The van der Waals surface area contributed by atoms with Crippen LogP contribution in [0.15, 0.2) is 30.5 Å². The Morgan fingerprint density at radius 3 is 2.67 bits per heavy atom. The number of nitrogens with zero attached hydrogens (tertiary/aromatic N) is 3. The van der Waals surface area contributed by atoms with Crippen molar-refractivity contribution in [1.29, 1.82) is 0 Å². The summed E-state index contributed by atoms with van der Waals surface area (Å²) in [6.45, 7) is 2.05. The number of piperidine rings is 1. The minimum Gasteiger partial charge on any atom is -0.396 e. The first-order chi connectivity index (χ1) is 11.3. The highest BCUT2D eigenvalue weighted by molar-refractivity contribution is 6.02. The third kappa shape index (κ3) is 4.53. The molecule has 1 aromatic carbocycles. The lowest BCUT2D eigenvalue weighted by atomic mass is 10.1. The van der Waals surface area contributed by atoms with Gasteiger partial charge < -0.3 is 15.7 Å². The van der Waals surface area contributed by atoms with Crippen LogP contribution in [0.1, 0.15) is 34.9 Å². The molecule has 0 unspecified atom stereocenters. The molecule has 1 aromatic heterocycles. The van der Waals surface area contributed by atoms with Crippen LogP contribution in [0.2, 0.25) is 0 Å². The fraction of sp³-hybridized carbons (Fsp3) is 0.438. The number of rotatable bonds is 5. The van der Waals surface area contributed by atoms with Gasteiger partial charge in [-0.15, -0.1) is 17.5 Å². The van der Waals surface area contributed by atoms with Crippen LogP contribution in [-0.4, -0.2) is 45.7 Å². The van der Waals surface area contributed by atoms with Gasteiger partial charge in [0.25, 0.3) is 5.91 Å². The van der Waals surface area contributed by atoms with Crippen LogP contribution in [0.3, 0.4) is 0 Å². The van der Waals surface area contributed by atoms with Crippen molar-refractivity contribution in [2.75, 3.05) is 25.0 Å². The molecule has 24 heavy (non-hydrogen) atoms. The zero-order chi connectivity index (χ0) is 16.1. The molecule has 0 aliphatic carbocycles. The number of aromatic nitrogens is 3. The SMILES string of the molecule is Cl.O=C(Nc1ccc(CCO)cc1)c1cn(C2CCNCC2)nn1. The molecule has 0 saturated carbocycles. The molecule has 1 fully saturated rings. The molecule has 1 aliphatic rings. The van der Waals surface area contributed by atoms with Crippen molar-refractivity contribution in [2.45, 2.75) is 25.3 Å². The molecule has 0 spiro atoms. The highest BCUT2D eigenvalue weighted by Gasteiger charge is 2.18. The molecule has 0 atom stereocenters. The Morgan fingerprint density at radius 1 is 1.29 bits per heavy atom. The lowest BCUT2D eigenvalue weighted by molar-refractivity contribution is 0.102. The Hall–Kier alpha value is -1.96. The number of aliphatic hydroxyl groups is 1. The fourth-order valence-electron chi connectivity index (χ4n) is 2.71. The van der Waals surface area contributed by atoms with E-state index in [0.29, 0.717) is 23.8 Å². The zero-order valence-corrected chi connectivity index (χ0v) is 14.1. The number of nitrogens with one attached hydrogen (secondary N) is 2. The Labute approximate surface area is 146 Å². The van der Waals surface area contributed by atoms with Gasteiger partial charge in [0.15, 0.2) is 5.69 Å². The predicted octanol–water partition coefficient (Wildman–Crippen LogP) is 1.41. The lowest BCUT2D eigenvalue weighted by Crippen LogP contribution is -2.29. The van der Waals surface area contributed by atoms with Gasteiger partial charge in [-0.3, -0.25) is 4.79 Å². The highest BCUT2D eigenvalue weighted by atomic mass is 35.5. The van der Waals surface area contributed by atoms with Crippen molar-refractivity contribution >= 4 is 24.0 Å². The molecule has 3 rings (SSSR count). The predicted molar refractivity (Wildman–Crippen MR) is 93.6 cm³/mol. The van der Waals surface area contributed by atoms with Crippen molar-refractivity contribution < 1.29 is 9.90 Å². The average molecular weight is 352 g/mol. The Kier molecular flexibility index (Phi) is 6.72. The second kappa shape index (κ2) is 8.77. The van der Waals surface area contributed by atoms with Crippen LogP contribution < -0.4 is 10.6 Å². The number of halogens is 1. The van der Waals surface area contributed by atoms with Crippen molar-refractivity contribution in [1.82, 2.24) is 20.3 Å². The molecular formula is C16H22ClN5O2. The molecule has 1 aliphatic heterocycles. The fourth-order valence-corrected chi connectivity index (χ4v) is 2.71. The molecule has 3 N–H and O–H groups in total. The Morgan fingerprint density at radius 2 is 2.00 bits per heavy atom. The first-order valence-corrected chi connectivity index (χ1v) is 7.90. The van der Waals surface area contributed by atoms with E-state index in [-0.39, 0.29) is 24.9 Å². The van der Waals surface area contributed by atoms with E-state index in [2.05, 4.69) is 20.9 Å². The Bertz CT molecular complexity index is 653. The van der Waals surface area contributed by atoms with E-state index in [1.165, 1.54) is 0 Å². The second-order valence-electron chi connectivity index (χ2n) is 5.69. The van der Waals surface area contributed by atoms with Gasteiger partial charge in [0, 0.05) is 12.3 Å². The van der Waals surface area contributed by atoms with Crippen LogP contribution >= 0.6 is 12.4 Å². The summed E-state index contributed by atoms with van der Waals surface area (Å²) in [7, 11) is 0. The van der Waals surface area contributed by atoms with E-state index in [1.54, 1.807) is 10.9 Å². The number of hydrogen-bond donors (Lipinski definition) is 3. The molecule has 2 aromatic rings. The number of aliphatic hydroxyl groups excluding tert-OH is 1. The van der Waals surface area contributed by atoms with Crippen LogP contribution in [-0.2, 0) is 6.42 Å². The third-order valence-electron chi connectivity index (χ3n) is 4.04. The number of benzene rings is 1. The lowest BCUT2D eigenvalue weighted by Gasteiger charge is -2.22. The van der Waals surface area contributed by atoms with E-state index in [9.17, 15) is 4.79 Å². The van der Waals surface area contributed by atoms with Crippen molar-refractivity contribution in [3.63, 3.8) is 0 Å². The summed E-state index contributed by atoms with van der Waals surface area (Å²) in [4.78, 5) is 12.2. The van der Waals surface area contributed by atoms with E-state index in [4.69, 9.17) is 5.11 Å². The van der Waals surface area contributed by atoms with Crippen LogP contribution in [0.4, 0.5) is 5.69 Å². The summed E-state index contributed by atoms with van der Waals surface area (Å²) in [5, 5.41) is 23.1. The summed E-state index contributed by atoms with van der Waals surface area (Å²) in [5.41, 5.74) is 2.05. The number of carbonyl (C=O) groups excluding carboxylic acids is 1. The van der Waals surface area contributed by atoms with E-state index in [0.717, 1.165) is 31.5 Å². The summed E-state index contributed by atoms with van der Waals surface area (Å²) in [6.07, 6.45) is 4.32. The summed E-state index contributed by atoms with van der Waals surface area (Å²) < 4.78 is 1.79. The van der Waals surface area contributed by atoms with Gasteiger partial charge in [-0.2, -0.15) is 0 Å². The van der Waals surface area contributed by atoms with Crippen molar-refractivity contribution in [3.05, 3.63) is 41.7 Å². The monoisotopic (exact) mass is 351 g/mol. The van der Waals surface area contributed by atoms with Crippen molar-refractivity contribution in [2.24, 2.45) is 0 Å². The molecule has 2 heterocycles. The highest BCUT2D eigenvalue weighted by Crippen LogP contribution is 2.17. The zero-order valence-electron chi connectivity index (χ0n) is 13.3. The maximum atomic E-state index is 12.2. The van der Waals surface area contributed by atoms with Crippen molar-refractivity contribution in [3.8, 4) is 0 Å². The molecular weight excluding hydrogens is 330 g/mol. The number of carbonyl (C=O) groups is 1. The maximum Gasteiger partial charge on any atom is 0.277 e. The summed E-state index contributed by atoms with van der Waals surface area (Å²) in [5.74, 6) is -0.264. The maximum absolute atomic E-state index is 12.2. The van der Waals surface area contributed by atoms with Gasteiger partial charge in [-0.05, 0) is 50.0 Å². The van der Waals surface area contributed by atoms with E-state index >= 15 is 0 Å². The molecule has 0 radical (unpaired) electrons. The van der Waals surface area contributed by atoms with Gasteiger partial charge in [0.1, 0.15) is 0 Å². The second-order valence-corrected chi connectivity index (χ2v) is 5.69. The van der Waals surface area contributed by atoms with E-state index < -0.39 is 0 Å². The molecule has 0 bridgehead atoms. The minimum atomic E-state index is -0.264. The molecule has 1 amide bonds. The smallest absolute Gasteiger partial charge is 0.277 e. The van der Waals surface area contributed by atoms with E-state index in [1.807, 2.05) is 24.3 Å². The standard InChI is InChI=1S/C16H21N5O2.ClH/c22-10-7-12-1-3-13(4-2-12)18-16(23)15-11-21(20-19-15)14-5-8-17-9-6-14;/h1-4,11,14,17,22H,5-10H2,(H,18,23);1H. The molecule has 1 saturated heterocycles. The topological polar surface area (TPSA) is 92.1 Å². The number of amides is 1. The largest absolute Gasteiger partial charge is 0.396 e.